The zero-order valence-corrected chi connectivity index (χ0v) is 18.6. The molecule has 162 valence electrons. The van der Waals surface area contributed by atoms with Crippen molar-refractivity contribution in [3.8, 4) is 11.5 Å². The van der Waals surface area contributed by atoms with Crippen molar-refractivity contribution < 1.29 is 23.9 Å². The summed E-state index contributed by atoms with van der Waals surface area (Å²) in [6.45, 7) is 5.32. The van der Waals surface area contributed by atoms with Crippen LogP contribution in [0.5, 0.6) is 11.5 Å². The number of nitrogens with zero attached hydrogens (tertiary/aromatic N) is 1. The lowest BCUT2D eigenvalue weighted by Crippen LogP contribution is -2.36. The van der Waals surface area contributed by atoms with Crippen LogP contribution in [-0.2, 0) is 9.59 Å². The SMILES string of the molecule is COc1cccc(/C=C2\SC(=O)N(CC(=O)Nc3cccc(C)c3)C2=O)c1OC(C)C. The van der Waals surface area contributed by atoms with Gasteiger partial charge < -0.3 is 14.8 Å². The number of aryl methyl sites for hydroxylation is 1. The number of anilines is 1. The van der Waals surface area contributed by atoms with Crippen LogP contribution in [0.3, 0.4) is 0 Å². The second kappa shape index (κ2) is 9.70. The maximum atomic E-state index is 12.8. The zero-order chi connectivity index (χ0) is 22.5. The Morgan fingerprint density at radius 2 is 1.94 bits per heavy atom. The highest BCUT2D eigenvalue weighted by Gasteiger charge is 2.36. The lowest BCUT2D eigenvalue weighted by molar-refractivity contribution is -0.127. The molecule has 0 atom stereocenters. The predicted molar refractivity (Wildman–Crippen MR) is 121 cm³/mol. The highest BCUT2D eigenvalue weighted by molar-refractivity contribution is 8.18. The number of ether oxygens (including phenoxy) is 2. The average Bonchev–Trinajstić information content (AvgIpc) is 2.96. The molecule has 2 aromatic carbocycles. The van der Waals surface area contributed by atoms with Crippen LogP contribution in [0.15, 0.2) is 47.4 Å². The summed E-state index contributed by atoms with van der Waals surface area (Å²) in [5, 5.41) is 2.22. The Morgan fingerprint density at radius 3 is 2.61 bits per heavy atom. The van der Waals surface area contributed by atoms with Crippen LogP contribution < -0.4 is 14.8 Å². The van der Waals surface area contributed by atoms with Crippen LogP contribution >= 0.6 is 11.8 Å². The first-order valence-electron chi connectivity index (χ1n) is 9.74. The van der Waals surface area contributed by atoms with E-state index in [1.54, 1.807) is 30.3 Å². The average molecular weight is 441 g/mol. The van der Waals surface area contributed by atoms with Gasteiger partial charge in [-0.25, -0.2) is 0 Å². The van der Waals surface area contributed by atoms with Crippen molar-refractivity contribution >= 4 is 40.6 Å². The van der Waals surface area contributed by atoms with Crippen molar-refractivity contribution in [3.63, 3.8) is 0 Å². The molecule has 0 spiro atoms. The van der Waals surface area contributed by atoms with Gasteiger partial charge in [0, 0.05) is 11.3 Å². The van der Waals surface area contributed by atoms with Crippen molar-refractivity contribution in [2.45, 2.75) is 26.9 Å². The lowest BCUT2D eigenvalue weighted by atomic mass is 10.1. The number of hydrogen-bond acceptors (Lipinski definition) is 6. The summed E-state index contributed by atoms with van der Waals surface area (Å²) in [7, 11) is 1.53. The van der Waals surface area contributed by atoms with E-state index in [9.17, 15) is 14.4 Å². The molecule has 3 amide bonds. The summed E-state index contributed by atoms with van der Waals surface area (Å²) >= 11 is 0.791. The molecule has 3 rings (SSSR count). The Labute approximate surface area is 185 Å². The van der Waals surface area contributed by atoms with Gasteiger partial charge in [-0.3, -0.25) is 19.3 Å². The Bertz CT molecular complexity index is 1050. The van der Waals surface area contributed by atoms with Gasteiger partial charge in [0.2, 0.25) is 5.91 Å². The third-order valence-corrected chi connectivity index (χ3v) is 5.25. The van der Waals surface area contributed by atoms with Crippen molar-refractivity contribution in [1.82, 2.24) is 4.90 Å². The fourth-order valence-corrected chi connectivity index (χ4v) is 3.84. The van der Waals surface area contributed by atoms with E-state index >= 15 is 0 Å². The largest absolute Gasteiger partial charge is 0.493 e. The Hall–Kier alpha value is -3.26. The molecular formula is C23H24N2O5S. The van der Waals surface area contributed by atoms with Crippen LogP contribution in [0.4, 0.5) is 10.5 Å². The van der Waals surface area contributed by atoms with E-state index in [-0.39, 0.29) is 17.6 Å². The second-order valence-corrected chi connectivity index (χ2v) is 8.22. The fourth-order valence-electron chi connectivity index (χ4n) is 3.01. The summed E-state index contributed by atoms with van der Waals surface area (Å²) in [6.07, 6.45) is 1.48. The van der Waals surface area contributed by atoms with E-state index in [0.29, 0.717) is 22.7 Å². The molecule has 2 aromatic rings. The topological polar surface area (TPSA) is 84.9 Å². The molecule has 1 fully saturated rings. The summed E-state index contributed by atoms with van der Waals surface area (Å²) in [6, 6.07) is 12.6. The number of methoxy groups -OCH3 is 1. The third-order valence-electron chi connectivity index (χ3n) is 4.35. The van der Waals surface area contributed by atoms with Gasteiger partial charge in [0.05, 0.1) is 18.1 Å². The van der Waals surface area contributed by atoms with Gasteiger partial charge in [-0.15, -0.1) is 0 Å². The maximum Gasteiger partial charge on any atom is 0.294 e. The number of para-hydroxylation sites is 1. The quantitative estimate of drug-likeness (QED) is 0.640. The molecule has 0 unspecified atom stereocenters. The Kier molecular flexibility index (Phi) is 7.02. The third kappa shape index (κ3) is 5.46. The number of amides is 3. The lowest BCUT2D eigenvalue weighted by Gasteiger charge is -2.16. The van der Waals surface area contributed by atoms with Gasteiger partial charge in [0.25, 0.3) is 11.1 Å². The first kappa shape index (κ1) is 22.4. The van der Waals surface area contributed by atoms with Crippen LogP contribution in [0.2, 0.25) is 0 Å². The molecule has 1 heterocycles. The molecule has 1 saturated heterocycles. The number of carbonyl (C=O) groups is 3. The molecule has 8 heteroatoms. The predicted octanol–water partition coefficient (Wildman–Crippen LogP) is 4.47. The van der Waals surface area contributed by atoms with Gasteiger partial charge in [0.1, 0.15) is 6.54 Å². The molecule has 1 N–H and O–H groups in total. The first-order chi connectivity index (χ1) is 14.8. The van der Waals surface area contributed by atoms with Crippen LogP contribution in [0, 0.1) is 6.92 Å². The van der Waals surface area contributed by atoms with E-state index in [1.807, 2.05) is 39.0 Å². The van der Waals surface area contributed by atoms with E-state index in [2.05, 4.69) is 5.32 Å². The van der Waals surface area contributed by atoms with E-state index in [0.717, 1.165) is 22.2 Å². The summed E-state index contributed by atoms with van der Waals surface area (Å²) in [4.78, 5) is 38.7. The van der Waals surface area contributed by atoms with Crippen molar-refractivity contribution in [3.05, 3.63) is 58.5 Å². The monoisotopic (exact) mass is 440 g/mol. The molecule has 0 aliphatic carbocycles. The number of imide groups is 1. The normalized spacial score (nSPS) is 15.0. The zero-order valence-electron chi connectivity index (χ0n) is 17.8. The molecule has 1 aliphatic heterocycles. The Balaban J connectivity index is 1.78. The molecule has 0 saturated carbocycles. The van der Waals surface area contributed by atoms with Gasteiger partial charge in [-0.05, 0) is 62.4 Å². The summed E-state index contributed by atoms with van der Waals surface area (Å²) in [5.41, 5.74) is 2.21. The number of rotatable bonds is 7. The van der Waals surface area contributed by atoms with Crippen molar-refractivity contribution in [2.24, 2.45) is 0 Å². The van der Waals surface area contributed by atoms with Crippen LogP contribution in [-0.4, -0.2) is 41.7 Å². The van der Waals surface area contributed by atoms with Gasteiger partial charge >= 0.3 is 0 Å². The van der Waals surface area contributed by atoms with Crippen LogP contribution in [0.25, 0.3) is 6.08 Å². The van der Waals surface area contributed by atoms with E-state index in [1.165, 1.54) is 7.11 Å². The van der Waals surface area contributed by atoms with E-state index in [4.69, 9.17) is 9.47 Å². The number of thioether (sulfide) groups is 1. The molecule has 31 heavy (non-hydrogen) atoms. The molecular weight excluding hydrogens is 416 g/mol. The molecule has 1 aliphatic rings. The number of nitrogens with one attached hydrogen (secondary N) is 1. The minimum absolute atomic E-state index is 0.108. The van der Waals surface area contributed by atoms with Gasteiger partial charge in [-0.1, -0.05) is 24.3 Å². The summed E-state index contributed by atoms with van der Waals surface area (Å²) in [5.74, 6) is 0.0512. The minimum atomic E-state index is -0.521. The molecule has 7 nitrogen and oxygen atoms in total. The second-order valence-electron chi connectivity index (χ2n) is 7.23. The highest BCUT2D eigenvalue weighted by atomic mass is 32.2. The van der Waals surface area contributed by atoms with Crippen molar-refractivity contribution in [2.75, 3.05) is 19.0 Å². The van der Waals surface area contributed by atoms with Crippen LogP contribution in [0.1, 0.15) is 25.0 Å². The minimum Gasteiger partial charge on any atom is -0.493 e. The standard InChI is InChI=1S/C23H24N2O5S/c1-14(2)30-21-16(8-6-10-18(21)29-4)12-19-22(27)25(23(28)31-19)13-20(26)24-17-9-5-7-15(3)11-17/h5-12,14H,13H2,1-4H3,(H,24,26)/b19-12-. The van der Waals surface area contributed by atoms with Gasteiger partial charge in [0.15, 0.2) is 11.5 Å². The van der Waals surface area contributed by atoms with Crippen molar-refractivity contribution in [1.29, 1.82) is 0 Å². The van der Waals surface area contributed by atoms with Gasteiger partial charge in [-0.2, -0.15) is 0 Å². The van der Waals surface area contributed by atoms with E-state index < -0.39 is 17.1 Å². The molecule has 0 bridgehead atoms. The number of hydrogen-bond donors (Lipinski definition) is 1. The Morgan fingerprint density at radius 1 is 1.19 bits per heavy atom. The maximum absolute atomic E-state index is 12.8. The number of benzene rings is 2. The molecule has 0 radical (unpaired) electrons. The molecule has 0 aromatic heterocycles. The first-order valence-corrected chi connectivity index (χ1v) is 10.6. The smallest absolute Gasteiger partial charge is 0.294 e. The summed E-state index contributed by atoms with van der Waals surface area (Å²) < 4.78 is 11.2. The fraction of sp³-hybridized carbons (Fsp3) is 0.261. The number of carbonyl (C=O) groups excluding carboxylic acids is 3. The highest BCUT2D eigenvalue weighted by Crippen LogP contribution is 2.37.